The number of phenolic OH excluding ortho intramolecular Hbond substituents is 1. The fourth-order valence-electron chi connectivity index (χ4n) is 7.96. The number of fused-ring (bicyclic) bond motifs is 1. The van der Waals surface area contributed by atoms with Crippen molar-refractivity contribution in [2.75, 3.05) is 71.3 Å². The van der Waals surface area contributed by atoms with Crippen LogP contribution in [0.5, 0.6) is 5.75 Å². The number of benzene rings is 2. The van der Waals surface area contributed by atoms with Crippen molar-refractivity contribution in [3.63, 3.8) is 0 Å². The van der Waals surface area contributed by atoms with Crippen LogP contribution in [0.2, 0.25) is 0 Å². The number of likely N-dealkylation sites (tertiary alicyclic amines) is 2. The Hall–Kier alpha value is -3.19. The average Bonchev–Trinajstić information content (AvgIpc) is 3.31. The molecular weight excluding hydrogens is 801 g/mol. The number of halogens is 1. The number of ether oxygens (including phenoxy) is 1. The zero-order valence-corrected chi connectivity index (χ0v) is 33.1. The highest BCUT2D eigenvalue weighted by molar-refractivity contribution is 14.1. The van der Waals surface area contributed by atoms with E-state index in [0.29, 0.717) is 82.9 Å². The number of urea groups is 1. The number of piperazine rings is 1. The number of phenols is 1. The van der Waals surface area contributed by atoms with Gasteiger partial charge in [0.05, 0.1) is 0 Å². The van der Waals surface area contributed by atoms with Crippen LogP contribution in [0.25, 0.3) is 0 Å². The molecule has 0 spiro atoms. The van der Waals surface area contributed by atoms with Gasteiger partial charge in [-0.2, -0.15) is 12.7 Å². The van der Waals surface area contributed by atoms with Crippen LogP contribution in [0, 0.1) is 13.8 Å². The number of nitrogens with zero attached hydrogens (tertiary/aromatic N) is 6. The van der Waals surface area contributed by atoms with Crippen LogP contribution < -0.4 is 5.32 Å². The second-order valence-electron chi connectivity index (χ2n) is 14.3. The first kappa shape index (κ1) is 38.5. The fourth-order valence-corrected chi connectivity index (χ4v) is 9.66. The Bertz CT molecular complexity index is 1710. The van der Waals surface area contributed by atoms with Crippen molar-refractivity contribution in [1.29, 1.82) is 0 Å². The van der Waals surface area contributed by atoms with E-state index in [1.807, 2.05) is 55.1 Å². The van der Waals surface area contributed by atoms with Gasteiger partial charge in [-0.25, -0.2) is 9.59 Å². The van der Waals surface area contributed by atoms with E-state index in [2.05, 4.69) is 10.2 Å². The number of amides is 4. The van der Waals surface area contributed by atoms with Crippen molar-refractivity contribution in [1.82, 2.24) is 26.4 Å². The molecule has 0 saturated carbocycles. The minimum atomic E-state index is -3.46. The number of para-hydroxylation sites is 1. The minimum absolute atomic E-state index is 0.0139. The average molecular weight is 852 g/mol. The predicted molar refractivity (Wildman–Crippen MR) is 205 cm³/mol. The molecule has 0 bridgehead atoms. The van der Waals surface area contributed by atoms with Gasteiger partial charge in [-0.15, -0.1) is 2.52 Å². The summed E-state index contributed by atoms with van der Waals surface area (Å²) >= 11 is 1.78. The van der Waals surface area contributed by atoms with Gasteiger partial charge in [0.15, 0.2) is 6.10 Å². The largest absolute Gasteiger partial charge is 0.507 e. The number of nitrogens with one attached hydrogen (secondary N) is 1. The molecule has 0 radical (unpaired) electrons. The Labute approximate surface area is 320 Å². The molecule has 2 aromatic rings. The molecule has 1 atom stereocenters. The number of carbonyl (C=O) groups excluding carboxylic acids is 3. The lowest BCUT2D eigenvalue weighted by molar-refractivity contribution is -0.142. The summed E-state index contributed by atoms with van der Waals surface area (Å²) in [4.78, 5) is 48.5. The molecule has 0 unspecified atom stereocenters. The number of carbonyl (C=O) groups is 3. The molecule has 52 heavy (non-hydrogen) atoms. The zero-order valence-electron chi connectivity index (χ0n) is 30.2. The van der Waals surface area contributed by atoms with Crippen LogP contribution in [0.15, 0.2) is 36.4 Å². The summed E-state index contributed by atoms with van der Waals surface area (Å²) in [5, 5.41) is 13.4. The van der Waals surface area contributed by atoms with Crippen LogP contribution >= 0.6 is 22.9 Å². The highest BCUT2D eigenvalue weighted by Gasteiger charge is 2.38. The molecule has 284 valence electrons. The van der Waals surface area contributed by atoms with E-state index in [9.17, 15) is 27.9 Å². The van der Waals surface area contributed by atoms with Crippen LogP contribution in [-0.4, -0.2) is 142 Å². The fraction of sp³-hybridized carbons (Fsp3) is 0.583. The lowest BCUT2D eigenvalue weighted by Crippen LogP contribution is -2.56. The van der Waals surface area contributed by atoms with Gasteiger partial charge in [0.2, 0.25) is 0 Å². The highest BCUT2D eigenvalue weighted by atomic mass is 127. The lowest BCUT2D eigenvalue weighted by Gasteiger charge is -2.43. The number of aryl methyl sites for hydroxylation is 2. The SMILES string of the molecule is Cc1cc(C[C@@H](OC(=O)N2CCC(N3CCc4ccccc4NC3=O)CC2)C(=O)N2CCC(N3CCN(S(=O)(=O)N(C)I)CC3)CC2)cc(C)c1O. The molecule has 0 aliphatic carbocycles. The zero-order chi connectivity index (χ0) is 37.2. The molecule has 3 fully saturated rings. The van der Waals surface area contributed by atoms with E-state index in [-0.39, 0.29) is 36.2 Å². The molecule has 3 saturated heterocycles. The van der Waals surface area contributed by atoms with Crippen molar-refractivity contribution >= 4 is 56.8 Å². The first-order valence-corrected chi connectivity index (χ1v) is 20.5. The third kappa shape index (κ3) is 8.61. The molecule has 16 heteroatoms. The summed E-state index contributed by atoms with van der Waals surface area (Å²) < 4.78 is 33.9. The van der Waals surface area contributed by atoms with Crippen LogP contribution in [0.3, 0.4) is 0 Å². The third-order valence-corrected chi connectivity index (χ3v) is 14.2. The van der Waals surface area contributed by atoms with Crippen molar-refractivity contribution in [2.24, 2.45) is 0 Å². The molecule has 2 N–H and O–H groups in total. The Morgan fingerprint density at radius 3 is 2.15 bits per heavy atom. The first-order chi connectivity index (χ1) is 24.8. The maximum Gasteiger partial charge on any atom is 0.410 e. The van der Waals surface area contributed by atoms with Gasteiger partial charge in [0.1, 0.15) is 5.75 Å². The number of rotatable bonds is 8. The minimum Gasteiger partial charge on any atom is -0.507 e. The second kappa shape index (κ2) is 16.4. The van der Waals surface area contributed by atoms with Crippen LogP contribution in [0.4, 0.5) is 15.3 Å². The Balaban J connectivity index is 1.06. The Kier molecular flexibility index (Phi) is 12.2. The summed E-state index contributed by atoms with van der Waals surface area (Å²) in [6, 6.07) is 11.6. The number of anilines is 1. The van der Waals surface area contributed by atoms with Gasteiger partial charge < -0.3 is 29.9 Å². The standard InChI is InChI=1S/C36H50IN7O7S/c1-25-22-27(23-26(2)33(25)45)24-32(34(46)41-13-9-29(10-14-41)40-18-20-43(21-19-40)52(49,50)39(3)37)51-36(48)42-15-11-30(12-16-42)44-17-8-28-6-4-5-7-31(28)38-35(44)47/h4-7,22-23,29-30,32,45H,8-21,24H2,1-3H3,(H,38,47)/t32-/m1/s1. The van der Waals surface area contributed by atoms with E-state index in [1.165, 1.54) is 13.9 Å². The van der Waals surface area contributed by atoms with E-state index in [0.717, 1.165) is 36.1 Å². The van der Waals surface area contributed by atoms with Crippen molar-refractivity contribution in [3.8, 4) is 5.75 Å². The molecule has 14 nitrogen and oxygen atoms in total. The van der Waals surface area contributed by atoms with Gasteiger partial charge in [-0.05, 0) is 74.3 Å². The third-order valence-electron chi connectivity index (χ3n) is 11.0. The van der Waals surface area contributed by atoms with E-state index in [1.54, 1.807) is 32.7 Å². The maximum absolute atomic E-state index is 14.1. The van der Waals surface area contributed by atoms with E-state index < -0.39 is 22.4 Å². The van der Waals surface area contributed by atoms with Gasteiger partial charge in [-0.1, -0.05) is 30.3 Å². The quantitative estimate of drug-likeness (QED) is 0.302. The van der Waals surface area contributed by atoms with Gasteiger partial charge in [-0.3, -0.25) is 9.69 Å². The maximum atomic E-state index is 14.1. The number of hydrogen-bond acceptors (Lipinski definition) is 8. The Morgan fingerprint density at radius 1 is 0.923 bits per heavy atom. The van der Waals surface area contributed by atoms with Crippen LogP contribution in [-0.2, 0) is 32.6 Å². The Morgan fingerprint density at radius 2 is 1.52 bits per heavy atom. The number of hydrogen-bond donors (Lipinski definition) is 2. The number of aromatic hydroxyl groups is 1. The molecular formula is C36H50IN7O7S. The molecule has 0 aromatic heterocycles. The normalized spacial score (nSPS) is 20.7. The van der Waals surface area contributed by atoms with Crippen molar-refractivity contribution < 1.29 is 32.6 Å². The molecule has 6 rings (SSSR count). The van der Waals surface area contributed by atoms with Gasteiger partial charge in [0, 0.05) is 113 Å². The lowest BCUT2D eigenvalue weighted by atomic mass is 9.98. The van der Waals surface area contributed by atoms with Crippen LogP contribution in [0.1, 0.15) is 47.9 Å². The van der Waals surface area contributed by atoms with E-state index >= 15 is 0 Å². The summed E-state index contributed by atoms with van der Waals surface area (Å²) in [7, 11) is -1.93. The highest BCUT2D eigenvalue weighted by Crippen LogP contribution is 2.28. The molecule has 2 aromatic carbocycles. The summed E-state index contributed by atoms with van der Waals surface area (Å²) in [6.07, 6.45) is 2.05. The van der Waals surface area contributed by atoms with Crippen molar-refractivity contribution in [3.05, 3.63) is 58.7 Å². The number of piperidine rings is 2. The first-order valence-electron chi connectivity index (χ1n) is 18.1. The second-order valence-corrected chi connectivity index (χ2v) is 18.4. The summed E-state index contributed by atoms with van der Waals surface area (Å²) in [5.41, 5.74) is 4.12. The van der Waals surface area contributed by atoms with Crippen molar-refractivity contribution in [2.45, 2.75) is 70.6 Å². The van der Waals surface area contributed by atoms with E-state index in [4.69, 9.17) is 4.74 Å². The predicted octanol–water partition coefficient (Wildman–Crippen LogP) is 3.75. The monoisotopic (exact) mass is 851 g/mol. The molecule has 4 heterocycles. The van der Waals surface area contributed by atoms with Gasteiger partial charge >= 0.3 is 12.1 Å². The smallest absolute Gasteiger partial charge is 0.410 e. The summed E-state index contributed by atoms with van der Waals surface area (Å²) in [6.45, 7) is 8.17. The molecule has 4 aliphatic rings. The molecule has 4 amide bonds. The molecule has 4 aliphatic heterocycles. The van der Waals surface area contributed by atoms with Gasteiger partial charge in [0.25, 0.3) is 16.1 Å². The topological polar surface area (TPSA) is 146 Å². The summed E-state index contributed by atoms with van der Waals surface area (Å²) in [5.74, 6) is -0.0397.